The zero-order valence-corrected chi connectivity index (χ0v) is 11.5. The second kappa shape index (κ2) is 5.35. The van der Waals surface area contributed by atoms with E-state index < -0.39 is 6.43 Å². The van der Waals surface area contributed by atoms with Gasteiger partial charge in [-0.05, 0) is 36.5 Å². The van der Waals surface area contributed by atoms with Crippen LogP contribution in [0, 0.1) is 5.41 Å². The lowest BCUT2D eigenvalue weighted by Gasteiger charge is -2.40. The Morgan fingerprint density at radius 1 is 1.32 bits per heavy atom. The molecule has 0 amide bonds. The molecule has 1 aliphatic rings. The van der Waals surface area contributed by atoms with Crippen LogP contribution >= 0.6 is 0 Å². The van der Waals surface area contributed by atoms with E-state index in [0.717, 1.165) is 19.3 Å². The highest BCUT2D eigenvalue weighted by Crippen LogP contribution is 2.39. The minimum Gasteiger partial charge on any atom is -0.399 e. The van der Waals surface area contributed by atoms with Gasteiger partial charge >= 0.3 is 0 Å². The third kappa shape index (κ3) is 3.17. The summed E-state index contributed by atoms with van der Waals surface area (Å²) in [7, 11) is 0. The second-order valence-electron chi connectivity index (χ2n) is 6.08. The van der Waals surface area contributed by atoms with Crippen molar-refractivity contribution in [3.63, 3.8) is 0 Å². The van der Waals surface area contributed by atoms with Crippen LogP contribution in [0.3, 0.4) is 0 Å². The number of benzene rings is 1. The maximum Gasteiger partial charge on any atom is 0.265 e. The minimum atomic E-state index is -2.50. The van der Waals surface area contributed by atoms with E-state index in [1.54, 1.807) is 12.1 Å². The Labute approximate surface area is 113 Å². The Hall–Kier alpha value is -1.32. The molecule has 1 aliphatic carbocycles. The lowest BCUT2D eigenvalue weighted by atomic mass is 9.73. The summed E-state index contributed by atoms with van der Waals surface area (Å²) < 4.78 is 26.1. The van der Waals surface area contributed by atoms with Crippen molar-refractivity contribution in [3.05, 3.63) is 23.8 Å². The number of nitrogens with one attached hydrogen (secondary N) is 1. The molecule has 0 aliphatic heterocycles. The van der Waals surface area contributed by atoms with Gasteiger partial charge in [-0.15, -0.1) is 0 Å². The Bertz CT molecular complexity index is 444. The van der Waals surface area contributed by atoms with E-state index >= 15 is 0 Å². The molecule has 2 nitrogen and oxygen atoms in total. The monoisotopic (exact) mass is 268 g/mol. The molecular formula is C15H22F2N2. The Kier molecular flexibility index (Phi) is 3.97. The standard InChI is InChI=1S/C15H22F2N2/c1-15(2)8-4-3-5-13(15)19-12-7-6-10(18)9-11(12)14(16)17/h6-7,9,13-14,19H,3-5,8,18H2,1-2H3. The number of hydrogen-bond donors (Lipinski definition) is 2. The molecule has 106 valence electrons. The first-order valence-corrected chi connectivity index (χ1v) is 6.84. The summed E-state index contributed by atoms with van der Waals surface area (Å²) in [6.45, 7) is 4.40. The number of hydrogen-bond acceptors (Lipinski definition) is 2. The molecule has 1 fully saturated rings. The second-order valence-corrected chi connectivity index (χ2v) is 6.08. The molecule has 19 heavy (non-hydrogen) atoms. The summed E-state index contributed by atoms with van der Waals surface area (Å²) >= 11 is 0. The molecule has 0 bridgehead atoms. The maximum atomic E-state index is 13.1. The van der Waals surface area contributed by atoms with Gasteiger partial charge in [-0.1, -0.05) is 26.7 Å². The van der Waals surface area contributed by atoms with E-state index in [0.29, 0.717) is 11.4 Å². The Morgan fingerprint density at radius 3 is 2.68 bits per heavy atom. The first-order valence-electron chi connectivity index (χ1n) is 6.84. The average Bonchev–Trinajstić information content (AvgIpc) is 2.33. The molecule has 0 spiro atoms. The fourth-order valence-electron chi connectivity index (χ4n) is 2.84. The van der Waals surface area contributed by atoms with Gasteiger partial charge in [0, 0.05) is 23.0 Å². The molecule has 4 heteroatoms. The highest BCUT2D eigenvalue weighted by molar-refractivity contribution is 5.59. The molecule has 0 saturated heterocycles. The molecule has 0 aromatic heterocycles. The maximum absolute atomic E-state index is 13.1. The van der Waals surface area contributed by atoms with Crippen molar-refractivity contribution < 1.29 is 8.78 Å². The van der Waals surface area contributed by atoms with Gasteiger partial charge in [0.15, 0.2) is 0 Å². The van der Waals surface area contributed by atoms with Crippen LogP contribution < -0.4 is 11.1 Å². The fourth-order valence-corrected chi connectivity index (χ4v) is 2.84. The van der Waals surface area contributed by atoms with Crippen LogP contribution in [0.25, 0.3) is 0 Å². The number of nitrogen functional groups attached to an aromatic ring is 1. The lowest BCUT2D eigenvalue weighted by Crippen LogP contribution is -2.39. The van der Waals surface area contributed by atoms with Gasteiger partial charge < -0.3 is 11.1 Å². The number of halogens is 2. The van der Waals surface area contributed by atoms with Crippen molar-refractivity contribution in [2.75, 3.05) is 11.1 Å². The summed E-state index contributed by atoms with van der Waals surface area (Å²) in [6, 6.07) is 4.94. The number of alkyl halides is 2. The number of rotatable bonds is 3. The third-order valence-corrected chi connectivity index (χ3v) is 4.15. The normalized spacial score (nSPS) is 22.5. The predicted octanol–water partition coefficient (Wildman–Crippen LogP) is 4.59. The molecule has 3 N–H and O–H groups in total. The van der Waals surface area contributed by atoms with Gasteiger partial charge in [0.05, 0.1) is 0 Å². The van der Waals surface area contributed by atoms with Gasteiger partial charge in [0.1, 0.15) is 0 Å². The van der Waals surface area contributed by atoms with Crippen LogP contribution in [0.4, 0.5) is 20.2 Å². The van der Waals surface area contributed by atoms with E-state index in [1.165, 1.54) is 12.5 Å². The van der Waals surface area contributed by atoms with Gasteiger partial charge in [-0.2, -0.15) is 0 Å². The summed E-state index contributed by atoms with van der Waals surface area (Å²) in [5.74, 6) is 0. The van der Waals surface area contributed by atoms with Gasteiger partial charge in [0.25, 0.3) is 6.43 Å². The van der Waals surface area contributed by atoms with Crippen molar-refractivity contribution in [1.29, 1.82) is 0 Å². The molecule has 0 heterocycles. The smallest absolute Gasteiger partial charge is 0.265 e. The van der Waals surface area contributed by atoms with Crippen LogP contribution in [0.2, 0.25) is 0 Å². The van der Waals surface area contributed by atoms with Crippen molar-refractivity contribution >= 4 is 11.4 Å². The molecule has 2 rings (SSSR count). The molecule has 0 radical (unpaired) electrons. The van der Waals surface area contributed by atoms with E-state index in [1.807, 2.05) is 0 Å². The molecule has 1 saturated carbocycles. The number of nitrogens with two attached hydrogens (primary N) is 1. The minimum absolute atomic E-state index is 0.00127. The Morgan fingerprint density at radius 2 is 2.05 bits per heavy atom. The van der Waals surface area contributed by atoms with E-state index in [-0.39, 0.29) is 17.0 Å². The SMILES string of the molecule is CC1(C)CCCCC1Nc1ccc(N)cc1C(F)F. The van der Waals surface area contributed by atoms with Crippen LogP contribution in [0.1, 0.15) is 51.5 Å². The first-order chi connectivity index (χ1) is 8.90. The number of anilines is 2. The van der Waals surface area contributed by atoms with Crippen LogP contribution in [-0.2, 0) is 0 Å². The zero-order valence-electron chi connectivity index (χ0n) is 11.5. The average molecular weight is 268 g/mol. The van der Waals surface area contributed by atoms with Gasteiger partial charge in [0.2, 0.25) is 0 Å². The van der Waals surface area contributed by atoms with E-state index in [9.17, 15) is 8.78 Å². The third-order valence-electron chi connectivity index (χ3n) is 4.15. The van der Waals surface area contributed by atoms with Crippen LogP contribution in [-0.4, -0.2) is 6.04 Å². The summed E-state index contributed by atoms with van der Waals surface area (Å²) in [5.41, 5.74) is 6.63. The quantitative estimate of drug-likeness (QED) is 0.787. The summed E-state index contributed by atoms with van der Waals surface area (Å²) in [4.78, 5) is 0. The van der Waals surface area contributed by atoms with Crippen LogP contribution in [0.5, 0.6) is 0 Å². The molecule has 1 aromatic rings. The lowest BCUT2D eigenvalue weighted by molar-refractivity contribution is 0.151. The van der Waals surface area contributed by atoms with Crippen molar-refractivity contribution in [2.24, 2.45) is 5.41 Å². The highest BCUT2D eigenvalue weighted by Gasteiger charge is 2.32. The molecule has 1 aromatic carbocycles. The fraction of sp³-hybridized carbons (Fsp3) is 0.600. The zero-order chi connectivity index (χ0) is 14.0. The highest BCUT2D eigenvalue weighted by atomic mass is 19.3. The first kappa shape index (κ1) is 14.1. The summed E-state index contributed by atoms with van der Waals surface area (Å²) in [5, 5.41) is 3.31. The van der Waals surface area contributed by atoms with E-state index in [2.05, 4.69) is 19.2 Å². The van der Waals surface area contributed by atoms with Crippen LogP contribution in [0.15, 0.2) is 18.2 Å². The molecule has 1 atom stereocenters. The summed E-state index contributed by atoms with van der Waals surface area (Å²) in [6.07, 6.45) is 2.02. The van der Waals surface area contributed by atoms with Crippen molar-refractivity contribution in [2.45, 2.75) is 52.0 Å². The largest absolute Gasteiger partial charge is 0.399 e. The van der Waals surface area contributed by atoms with Crippen molar-refractivity contribution in [3.8, 4) is 0 Å². The van der Waals surface area contributed by atoms with Gasteiger partial charge in [-0.25, -0.2) is 8.78 Å². The Balaban J connectivity index is 2.23. The molecular weight excluding hydrogens is 246 g/mol. The predicted molar refractivity (Wildman–Crippen MR) is 75.5 cm³/mol. The van der Waals surface area contributed by atoms with E-state index in [4.69, 9.17) is 5.73 Å². The molecule has 1 unspecified atom stereocenters. The van der Waals surface area contributed by atoms with Crippen molar-refractivity contribution in [1.82, 2.24) is 0 Å². The topological polar surface area (TPSA) is 38.0 Å². The van der Waals surface area contributed by atoms with Gasteiger partial charge in [-0.3, -0.25) is 0 Å².